The van der Waals surface area contributed by atoms with Crippen molar-refractivity contribution in [2.45, 2.75) is 84.0 Å². The molecule has 0 spiro atoms. The molecule has 0 aromatic rings. The third-order valence-electron chi connectivity index (χ3n) is 6.54. The molecule has 1 saturated carbocycles. The minimum atomic E-state index is 0.269. The number of nitrogens with one attached hydrogen (secondary N) is 2. The van der Waals surface area contributed by atoms with Gasteiger partial charge in [-0.05, 0) is 46.5 Å². The van der Waals surface area contributed by atoms with Crippen LogP contribution in [0.1, 0.15) is 65.7 Å². The molecule has 3 rings (SSSR count). The zero-order valence-corrected chi connectivity index (χ0v) is 19.4. The van der Waals surface area contributed by atoms with Crippen LogP contribution in [-0.4, -0.2) is 85.7 Å². The first-order valence-corrected chi connectivity index (χ1v) is 12.3. The molecule has 2 saturated heterocycles. The largest absolute Gasteiger partial charge is 0.373 e. The highest BCUT2D eigenvalue weighted by molar-refractivity contribution is 5.81. The van der Waals surface area contributed by atoms with Crippen molar-refractivity contribution in [3.63, 3.8) is 0 Å². The molecule has 7 heteroatoms. The van der Waals surface area contributed by atoms with Crippen molar-refractivity contribution < 1.29 is 9.53 Å². The third-order valence-corrected chi connectivity index (χ3v) is 6.54. The monoisotopic (exact) mass is 421 g/mol. The maximum Gasteiger partial charge on any atom is 0.225 e. The van der Waals surface area contributed by atoms with Crippen LogP contribution in [0.4, 0.5) is 0 Å². The van der Waals surface area contributed by atoms with Gasteiger partial charge < -0.3 is 20.3 Å². The van der Waals surface area contributed by atoms with E-state index in [-0.39, 0.29) is 5.92 Å². The molecule has 7 nitrogen and oxygen atoms in total. The van der Waals surface area contributed by atoms with Gasteiger partial charge in [-0.3, -0.25) is 14.7 Å². The van der Waals surface area contributed by atoms with Crippen molar-refractivity contribution in [2.75, 3.05) is 45.8 Å². The molecule has 3 unspecified atom stereocenters. The highest BCUT2D eigenvalue weighted by Crippen LogP contribution is 2.26. The summed E-state index contributed by atoms with van der Waals surface area (Å²) in [6, 6.07) is 0.302. The van der Waals surface area contributed by atoms with Gasteiger partial charge in [0, 0.05) is 57.8 Å². The topological polar surface area (TPSA) is 69.2 Å². The molecule has 3 fully saturated rings. The summed E-state index contributed by atoms with van der Waals surface area (Å²) in [6.07, 6.45) is 8.57. The van der Waals surface area contributed by atoms with E-state index < -0.39 is 0 Å². The minimum Gasteiger partial charge on any atom is -0.373 e. The highest BCUT2D eigenvalue weighted by Gasteiger charge is 2.31. The molecule has 30 heavy (non-hydrogen) atoms. The molecule has 3 atom stereocenters. The van der Waals surface area contributed by atoms with Gasteiger partial charge in [0.2, 0.25) is 5.91 Å². The first kappa shape index (κ1) is 23.3. The molecule has 3 aliphatic rings. The Morgan fingerprint density at radius 3 is 2.50 bits per heavy atom. The lowest BCUT2D eigenvalue weighted by atomic mass is 9.88. The second-order valence-electron chi connectivity index (χ2n) is 9.38. The first-order chi connectivity index (χ1) is 14.5. The molecule has 2 heterocycles. The van der Waals surface area contributed by atoms with Crippen molar-refractivity contribution >= 4 is 11.9 Å². The van der Waals surface area contributed by atoms with Crippen molar-refractivity contribution in [2.24, 2.45) is 10.9 Å². The minimum absolute atomic E-state index is 0.269. The van der Waals surface area contributed by atoms with E-state index in [0.717, 1.165) is 77.5 Å². The average Bonchev–Trinajstić information content (AvgIpc) is 3.19. The van der Waals surface area contributed by atoms with Gasteiger partial charge in [0.05, 0.1) is 12.2 Å². The lowest BCUT2D eigenvalue weighted by molar-refractivity contribution is -0.135. The molecule has 0 bridgehead atoms. The fourth-order valence-corrected chi connectivity index (χ4v) is 5.15. The van der Waals surface area contributed by atoms with Gasteiger partial charge in [-0.25, -0.2) is 0 Å². The van der Waals surface area contributed by atoms with Gasteiger partial charge in [0.15, 0.2) is 5.96 Å². The van der Waals surface area contributed by atoms with Crippen molar-refractivity contribution in [1.82, 2.24) is 20.4 Å². The Hall–Kier alpha value is -1.34. The Morgan fingerprint density at radius 1 is 1.07 bits per heavy atom. The zero-order valence-electron chi connectivity index (χ0n) is 19.4. The van der Waals surface area contributed by atoms with Crippen molar-refractivity contribution in [1.29, 1.82) is 0 Å². The number of hydrogen-bond acceptors (Lipinski definition) is 4. The van der Waals surface area contributed by atoms with Crippen molar-refractivity contribution in [3.05, 3.63) is 0 Å². The molecule has 2 aliphatic heterocycles. The summed E-state index contributed by atoms with van der Waals surface area (Å²) in [7, 11) is 0. The number of aliphatic imine (C=N–C) groups is 1. The van der Waals surface area contributed by atoms with Crippen LogP contribution in [0.15, 0.2) is 4.99 Å². The number of amides is 1. The number of guanidine groups is 1. The van der Waals surface area contributed by atoms with E-state index in [1.54, 1.807) is 0 Å². The molecular weight excluding hydrogens is 378 g/mol. The van der Waals surface area contributed by atoms with Crippen LogP contribution in [-0.2, 0) is 9.53 Å². The first-order valence-electron chi connectivity index (χ1n) is 12.3. The predicted molar refractivity (Wildman–Crippen MR) is 122 cm³/mol. The lowest BCUT2D eigenvalue weighted by Crippen LogP contribution is -2.46. The molecule has 1 amide bonds. The van der Waals surface area contributed by atoms with Crippen LogP contribution in [0.5, 0.6) is 0 Å². The van der Waals surface area contributed by atoms with E-state index >= 15 is 0 Å². The fraction of sp³-hybridized carbons (Fsp3) is 0.913. The number of hydrogen-bond donors (Lipinski definition) is 2. The van der Waals surface area contributed by atoms with Crippen LogP contribution >= 0.6 is 0 Å². The van der Waals surface area contributed by atoms with E-state index in [9.17, 15) is 4.79 Å². The second-order valence-corrected chi connectivity index (χ2v) is 9.38. The van der Waals surface area contributed by atoms with Gasteiger partial charge in [0.1, 0.15) is 0 Å². The van der Waals surface area contributed by atoms with Crippen LogP contribution < -0.4 is 10.6 Å². The van der Waals surface area contributed by atoms with E-state index in [0.29, 0.717) is 24.2 Å². The third kappa shape index (κ3) is 7.12. The SMILES string of the molecule is CCNC(=NCCCN1CC(C)OC(C)C1)NC1CCN(C(=O)C2CCCCC2)C1. The Kier molecular flexibility index (Phi) is 9.25. The summed E-state index contributed by atoms with van der Waals surface area (Å²) >= 11 is 0. The summed E-state index contributed by atoms with van der Waals surface area (Å²) in [5.74, 6) is 1.54. The van der Waals surface area contributed by atoms with Gasteiger partial charge in [-0.2, -0.15) is 0 Å². The summed E-state index contributed by atoms with van der Waals surface area (Å²) in [5.41, 5.74) is 0. The predicted octanol–water partition coefficient (Wildman–Crippen LogP) is 2.22. The zero-order chi connectivity index (χ0) is 21.3. The molecule has 0 radical (unpaired) electrons. The quantitative estimate of drug-likeness (QED) is 0.375. The maximum atomic E-state index is 12.8. The molecule has 0 aromatic carbocycles. The number of morpholine rings is 1. The average molecular weight is 422 g/mol. The second kappa shape index (κ2) is 11.9. The molecule has 172 valence electrons. The lowest BCUT2D eigenvalue weighted by Gasteiger charge is -2.35. The Morgan fingerprint density at radius 2 is 1.80 bits per heavy atom. The van der Waals surface area contributed by atoms with Gasteiger partial charge in [0.25, 0.3) is 0 Å². The standard InChI is InChI=1S/C23H43N5O2/c1-4-24-23(25-12-8-13-27-15-18(2)30-19(3)16-27)26-21-11-14-28(17-21)22(29)20-9-6-5-7-10-20/h18-21H,4-17H2,1-3H3,(H2,24,25,26). The summed E-state index contributed by atoms with van der Waals surface area (Å²) in [6.45, 7) is 12.8. The number of rotatable bonds is 7. The smallest absolute Gasteiger partial charge is 0.225 e. The normalized spacial score (nSPS) is 29.2. The molecule has 0 aromatic heterocycles. The van der Waals surface area contributed by atoms with E-state index in [4.69, 9.17) is 9.73 Å². The number of nitrogens with zero attached hydrogens (tertiary/aromatic N) is 3. The number of likely N-dealkylation sites (tertiary alicyclic amines) is 1. The van der Waals surface area contributed by atoms with Crippen LogP contribution in [0.3, 0.4) is 0 Å². The van der Waals surface area contributed by atoms with Gasteiger partial charge in [-0.1, -0.05) is 19.3 Å². The van der Waals surface area contributed by atoms with Gasteiger partial charge in [-0.15, -0.1) is 0 Å². The maximum absolute atomic E-state index is 12.8. The number of carbonyl (C=O) groups excluding carboxylic acids is 1. The van der Waals surface area contributed by atoms with Crippen LogP contribution in [0.2, 0.25) is 0 Å². The van der Waals surface area contributed by atoms with Crippen molar-refractivity contribution in [3.8, 4) is 0 Å². The van der Waals surface area contributed by atoms with E-state index in [2.05, 4.69) is 41.2 Å². The molecular formula is C23H43N5O2. The summed E-state index contributed by atoms with van der Waals surface area (Å²) in [5, 5.41) is 6.94. The van der Waals surface area contributed by atoms with Crippen LogP contribution in [0.25, 0.3) is 0 Å². The fourth-order valence-electron chi connectivity index (χ4n) is 5.15. The number of ether oxygens (including phenoxy) is 1. The highest BCUT2D eigenvalue weighted by atomic mass is 16.5. The Labute approximate surface area is 183 Å². The van der Waals surface area contributed by atoms with E-state index in [1.807, 2.05) is 0 Å². The Balaban J connectivity index is 1.40. The van der Waals surface area contributed by atoms with E-state index in [1.165, 1.54) is 19.3 Å². The molecule has 2 N–H and O–H groups in total. The van der Waals surface area contributed by atoms with Gasteiger partial charge >= 0.3 is 0 Å². The number of carbonyl (C=O) groups is 1. The summed E-state index contributed by atoms with van der Waals surface area (Å²) < 4.78 is 5.81. The van der Waals surface area contributed by atoms with Crippen LogP contribution in [0, 0.1) is 5.92 Å². The molecule has 1 aliphatic carbocycles. The summed E-state index contributed by atoms with van der Waals surface area (Å²) in [4.78, 5) is 22.2. The Bertz CT molecular complexity index is 554.